The van der Waals surface area contributed by atoms with Crippen LogP contribution in [0, 0.1) is 6.92 Å². The smallest absolute Gasteiger partial charge is 0.240 e. The van der Waals surface area contributed by atoms with Gasteiger partial charge in [0, 0.05) is 43.5 Å². The number of anilines is 1. The number of hydrogen-bond donors (Lipinski definition) is 1. The number of sulfonamides is 1. The van der Waals surface area contributed by atoms with E-state index in [2.05, 4.69) is 35.0 Å². The third-order valence-corrected chi connectivity index (χ3v) is 7.35. The highest BCUT2D eigenvalue weighted by molar-refractivity contribution is 7.93. The van der Waals surface area contributed by atoms with Crippen LogP contribution in [0.3, 0.4) is 0 Å². The van der Waals surface area contributed by atoms with Gasteiger partial charge < -0.3 is 9.26 Å². The first-order valence-electron chi connectivity index (χ1n) is 11.0. The van der Waals surface area contributed by atoms with Crippen LogP contribution in [0.15, 0.2) is 41.4 Å². The van der Waals surface area contributed by atoms with Crippen molar-refractivity contribution in [2.75, 3.05) is 11.8 Å². The van der Waals surface area contributed by atoms with Crippen molar-refractivity contribution in [3.63, 3.8) is 0 Å². The summed E-state index contributed by atoms with van der Waals surface area (Å²) in [4.78, 5) is 12.4. The largest absolute Gasteiger partial charge is 0.372 e. The molecule has 0 unspecified atom stereocenters. The molecule has 0 amide bonds. The van der Waals surface area contributed by atoms with Crippen LogP contribution in [-0.4, -0.2) is 55.7 Å². The molecule has 190 valence electrons. The summed E-state index contributed by atoms with van der Waals surface area (Å²) in [5.41, 5.74) is 2.36. The minimum Gasteiger partial charge on any atom is -0.372 e. The number of nitrogens with one attached hydrogen (secondary N) is 1. The summed E-state index contributed by atoms with van der Waals surface area (Å²) in [6.07, 6.45) is 5.84. The topological polar surface area (TPSA) is 151 Å². The first-order valence-corrected chi connectivity index (χ1v) is 13.0. The maximum absolute atomic E-state index is 13.4. The van der Waals surface area contributed by atoms with E-state index >= 15 is 0 Å². The molecule has 4 rings (SSSR count). The standard InChI is InChI=1S/C22H25ClN8O4S/c1-5-17-7-18(35-29-17)12-31-21(15-6-13(2)8-24-9-15)27-28-22(31)30-36(32,33)14(3)19(34-4)20-25-10-16(23)11-26-20/h6-11,14,19H,5,12H2,1-4H3,(H,28,30)/t14-,19-/m0/s1. The average Bonchev–Trinajstić information content (AvgIpc) is 3.47. The Morgan fingerprint density at radius 1 is 1.17 bits per heavy atom. The summed E-state index contributed by atoms with van der Waals surface area (Å²) < 4.78 is 41.8. The van der Waals surface area contributed by atoms with Gasteiger partial charge in [-0.25, -0.2) is 18.4 Å². The lowest BCUT2D eigenvalue weighted by atomic mass is 10.2. The summed E-state index contributed by atoms with van der Waals surface area (Å²) in [5, 5.41) is 11.6. The molecule has 14 heteroatoms. The van der Waals surface area contributed by atoms with Crippen molar-refractivity contribution in [3.05, 3.63) is 64.8 Å². The summed E-state index contributed by atoms with van der Waals surface area (Å²) in [7, 11) is -2.66. The predicted octanol–water partition coefficient (Wildman–Crippen LogP) is 3.21. The van der Waals surface area contributed by atoms with Gasteiger partial charge >= 0.3 is 0 Å². The molecular formula is C22H25ClN8O4S. The molecule has 0 radical (unpaired) electrons. The zero-order valence-corrected chi connectivity index (χ0v) is 21.7. The fourth-order valence-corrected chi connectivity index (χ4v) is 4.78. The molecule has 36 heavy (non-hydrogen) atoms. The molecule has 0 aliphatic carbocycles. The Morgan fingerprint density at radius 3 is 2.56 bits per heavy atom. The number of methoxy groups -OCH3 is 1. The predicted molar refractivity (Wildman–Crippen MR) is 132 cm³/mol. The second-order valence-corrected chi connectivity index (χ2v) is 10.6. The van der Waals surface area contributed by atoms with E-state index in [0.29, 0.717) is 28.6 Å². The van der Waals surface area contributed by atoms with Gasteiger partial charge in [0.05, 0.1) is 17.3 Å². The fourth-order valence-electron chi connectivity index (χ4n) is 3.53. The molecule has 0 spiro atoms. The lowest BCUT2D eigenvalue weighted by molar-refractivity contribution is 0.0950. The van der Waals surface area contributed by atoms with Crippen LogP contribution in [0.2, 0.25) is 5.02 Å². The summed E-state index contributed by atoms with van der Waals surface area (Å²) >= 11 is 5.86. The van der Waals surface area contributed by atoms with Crippen molar-refractivity contribution in [2.24, 2.45) is 0 Å². The number of halogens is 1. The number of ether oxygens (including phenoxy) is 1. The molecule has 0 aliphatic heterocycles. The zero-order valence-electron chi connectivity index (χ0n) is 20.1. The van der Waals surface area contributed by atoms with E-state index in [0.717, 1.165) is 11.3 Å². The molecular weight excluding hydrogens is 508 g/mol. The molecule has 0 saturated heterocycles. The monoisotopic (exact) mass is 532 g/mol. The first-order chi connectivity index (χ1) is 17.2. The average molecular weight is 533 g/mol. The number of aromatic nitrogens is 7. The highest BCUT2D eigenvalue weighted by atomic mass is 35.5. The minimum absolute atomic E-state index is 0.000294. The molecule has 4 aromatic rings. The Bertz CT molecular complexity index is 1440. The van der Waals surface area contributed by atoms with Crippen molar-refractivity contribution in [2.45, 2.75) is 45.1 Å². The molecule has 0 aliphatic rings. The van der Waals surface area contributed by atoms with E-state index in [4.69, 9.17) is 20.9 Å². The fraction of sp³-hybridized carbons (Fsp3) is 0.364. The molecule has 4 aromatic heterocycles. The van der Waals surface area contributed by atoms with Gasteiger partial charge in [0.25, 0.3) is 0 Å². The second-order valence-electron chi connectivity index (χ2n) is 8.09. The van der Waals surface area contributed by atoms with Gasteiger partial charge in [-0.3, -0.25) is 14.3 Å². The minimum atomic E-state index is -4.05. The van der Waals surface area contributed by atoms with E-state index in [9.17, 15) is 8.42 Å². The number of hydrogen-bond acceptors (Lipinski definition) is 10. The normalized spacial score (nSPS) is 13.5. The maximum Gasteiger partial charge on any atom is 0.240 e. The van der Waals surface area contributed by atoms with Gasteiger partial charge in [0.15, 0.2) is 17.4 Å². The maximum atomic E-state index is 13.4. The number of pyridine rings is 1. The molecule has 0 saturated carbocycles. The van der Waals surface area contributed by atoms with Crippen molar-refractivity contribution in [3.8, 4) is 11.4 Å². The van der Waals surface area contributed by atoms with E-state index in [1.807, 2.05) is 19.9 Å². The van der Waals surface area contributed by atoms with Gasteiger partial charge in [0.2, 0.25) is 16.0 Å². The third kappa shape index (κ3) is 5.53. The highest BCUT2D eigenvalue weighted by Crippen LogP contribution is 2.27. The van der Waals surface area contributed by atoms with E-state index in [1.165, 1.54) is 26.4 Å². The van der Waals surface area contributed by atoms with Gasteiger partial charge in [0.1, 0.15) is 11.4 Å². The summed E-state index contributed by atoms with van der Waals surface area (Å²) in [6.45, 7) is 5.49. The Kier molecular flexibility index (Phi) is 7.62. The van der Waals surface area contributed by atoms with Crippen LogP contribution in [0.4, 0.5) is 5.95 Å². The lowest BCUT2D eigenvalue weighted by Gasteiger charge is -2.22. The van der Waals surface area contributed by atoms with Crippen LogP contribution >= 0.6 is 11.6 Å². The highest BCUT2D eigenvalue weighted by Gasteiger charge is 2.34. The number of rotatable bonds is 10. The van der Waals surface area contributed by atoms with Crippen LogP contribution < -0.4 is 4.72 Å². The van der Waals surface area contributed by atoms with Crippen molar-refractivity contribution < 1.29 is 17.7 Å². The van der Waals surface area contributed by atoms with Crippen LogP contribution in [0.1, 0.15) is 42.8 Å². The van der Waals surface area contributed by atoms with Gasteiger partial charge in [-0.15, -0.1) is 10.2 Å². The van der Waals surface area contributed by atoms with Crippen LogP contribution in [0.25, 0.3) is 11.4 Å². The molecule has 12 nitrogen and oxygen atoms in total. The number of nitrogens with zero attached hydrogens (tertiary/aromatic N) is 7. The quantitative estimate of drug-likeness (QED) is 0.322. The summed E-state index contributed by atoms with van der Waals surface area (Å²) in [6, 6.07) is 3.68. The molecule has 2 atom stereocenters. The van der Waals surface area contributed by atoms with Crippen LogP contribution in [0.5, 0.6) is 0 Å². The Labute approximate surface area is 213 Å². The molecule has 0 aromatic carbocycles. The molecule has 0 fully saturated rings. The Balaban J connectivity index is 1.69. The molecule has 1 N–H and O–H groups in total. The van der Waals surface area contributed by atoms with Crippen molar-refractivity contribution in [1.29, 1.82) is 0 Å². The van der Waals surface area contributed by atoms with E-state index in [-0.39, 0.29) is 18.3 Å². The van der Waals surface area contributed by atoms with E-state index < -0.39 is 21.4 Å². The van der Waals surface area contributed by atoms with E-state index in [1.54, 1.807) is 23.0 Å². The third-order valence-electron chi connectivity index (χ3n) is 5.47. The van der Waals surface area contributed by atoms with Gasteiger partial charge in [-0.2, -0.15) is 0 Å². The Morgan fingerprint density at radius 2 is 1.92 bits per heavy atom. The number of aryl methyl sites for hydroxylation is 2. The van der Waals surface area contributed by atoms with Crippen molar-refractivity contribution >= 4 is 27.6 Å². The molecule has 4 heterocycles. The Hall–Kier alpha value is -3.42. The first kappa shape index (κ1) is 25.7. The summed E-state index contributed by atoms with van der Waals surface area (Å²) in [5.74, 6) is 1.11. The second kappa shape index (κ2) is 10.7. The van der Waals surface area contributed by atoms with Crippen LogP contribution in [-0.2, 0) is 27.7 Å². The lowest BCUT2D eigenvalue weighted by Crippen LogP contribution is -2.33. The van der Waals surface area contributed by atoms with Crippen molar-refractivity contribution in [1.82, 2.24) is 34.9 Å². The van der Waals surface area contributed by atoms with Gasteiger partial charge in [-0.05, 0) is 31.9 Å². The van der Waals surface area contributed by atoms with Gasteiger partial charge in [-0.1, -0.05) is 23.7 Å². The molecule has 0 bridgehead atoms. The SMILES string of the molecule is CCc1cc(Cn2c(NS(=O)(=O)[C@@H](C)[C@H](OC)c3ncc(Cl)cn3)nnc2-c2cncc(C)c2)on1. The zero-order chi connectivity index (χ0) is 25.9.